The Hall–Kier alpha value is -3.88. The lowest BCUT2D eigenvalue weighted by Crippen LogP contribution is -2.04. The highest BCUT2D eigenvalue weighted by molar-refractivity contribution is 5.73. The standard InChI is InChI=1S/C20H20N4O5/c1-12-5-6-15(9-13(12)2)29-20-18(24(25)26)19(21-11-22-20)23-16-10-14(27-3)7-8-17(16)28-4/h5-11H,1-4H3,(H,21,22,23). The molecular weight excluding hydrogens is 376 g/mol. The van der Waals surface area contributed by atoms with E-state index in [1.54, 1.807) is 30.3 Å². The molecule has 29 heavy (non-hydrogen) atoms. The van der Waals surface area contributed by atoms with Crippen molar-refractivity contribution in [3.05, 3.63) is 64.0 Å². The van der Waals surface area contributed by atoms with E-state index in [-0.39, 0.29) is 11.7 Å². The van der Waals surface area contributed by atoms with Crippen LogP contribution in [-0.2, 0) is 0 Å². The third-order valence-corrected chi connectivity index (χ3v) is 4.32. The van der Waals surface area contributed by atoms with Crippen LogP contribution in [0.25, 0.3) is 0 Å². The molecule has 1 heterocycles. The third-order valence-electron chi connectivity index (χ3n) is 4.32. The molecule has 1 aromatic heterocycles. The van der Waals surface area contributed by atoms with Crippen LogP contribution in [0.15, 0.2) is 42.7 Å². The lowest BCUT2D eigenvalue weighted by atomic mass is 10.1. The summed E-state index contributed by atoms with van der Waals surface area (Å²) in [6, 6.07) is 10.4. The second-order valence-electron chi connectivity index (χ2n) is 6.17. The highest BCUT2D eigenvalue weighted by atomic mass is 16.6. The number of hydrogen-bond acceptors (Lipinski definition) is 8. The summed E-state index contributed by atoms with van der Waals surface area (Å²) >= 11 is 0. The molecule has 0 radical (unpaired) electrons. The van der Waals surface area contributed by atoms with Gasteiger partial charge in [-0.15, -0.1) is 0 Å². The normalized spacial score (nSPS) is 10.3. The number of aryl methyl sites for hydroxylation is 2. The van der Waals surface area contributed by atoms with Gasteiger partial charge in [0, 0.05) is 6.07 Å². The first-order valence-corrected chi connectivity index (χ1v) is 8.66. The summed E-state index contributed by atoms with van der Waals surface area (Å²) in [5.74, 6) is 1.26. The van der Waals surface area contributed by atoms with E-state index in [4.69, 9.17) is 14.2 Å². The lowest BCUT2D eigenvalue weighted by Gasteiger charge is -2.13. The Bertz CT molecular complexity index is 1060. The second-order valence-corrected chi connectivity index (χ2v) is 6.17. The Balaban J connectivity index is 2.01. The van der Waals surface area contributed by atoms with Gasteiger partial charge in [0.2, 0.25) is 5.82 Å². The summed E-state index contributed by atoms with van der Waals surface area (Å²) in [5, 5.41) is 14.7. The fraction of sp³-hybridized carbons (Fsp3) is 0.200. The summed E-state index contributed by atoms with van der Waals surface area (Å²) in [5.41, 5.74) is 2.14. The molecule has 0 unspecified atom stereocenters. The van der Waals surface area contributed by atoms with E-state index >= 15 is 0 Å². The zero-order chi connectivity index (χ0) is 21.0. The van der Waals surface area contributed by atoms with Crippen molar-refractivity contribution in [3.8, 4) is 23.1 Å². The maximum Gasteiger partial charge on any atom is 0.373 e. The Morgan fingerprint density at radius 2 is 1.72 bits per heavy atom. The molecule has 2 aromatic carbocycles. The van der Waals surface area contributed by atoms with Crippen molar-refractivity contribution in [2.24, 2.45) is 0 Å². The minimum atomic E-state index is -0.592. The summed E-state index contributed by atoms with van der Waals surface area (Å²) < 4.78 is 16.2. The van der Waals surface area contributed by atoms with Crippen molar-refractivity contribution in [2.45, 2.75) is 13.8 Å². The maximum absolute atomic E-state index is 11.8. The molecule has 3 aromatic rings. The van der Waals surface area contributed by atoms with Crippen molar-refractivity contribution in [2.75, 3.05) is 19.5 Å². The van der Waals surface area contributed by atoms with Crippen LogP contribution in [0.4, 0.5) is 17.2 Å². The molecule has 0 aliphatic rings. The van der Waals surface area contributed by atoms with Gasteiger partial charge < -0.3 is 19.5 Å². The van der Waals surface area contributed by atoms with E-state index in [0.29, 0.717) is 22.9 Å². The molecule has 0 aliphatic carbocycles. The van der Waals surface area contributed by atoms with E-state index in [2.05, 4.69) is 15.3 Å². The van der Waals surface area contributed by atoms with Crippen molar-refractivity contribution in [1.29, 1.82) is 0 Å². The van der Waals surface area contributed by atoms with Gasteiger partial charge in [0.05, 0.1) is 24.8 Å². The van der Waals surface area contributed by atoms with Crippen molar-refractivity contribution in [3.63, 3.8) is 0 Å². The number of nitrogens with one attached hydrogen (secondary N) is 1. The fourth-order valence-corrected chi connectivity index (χ4v) is 2.62. The van der Waals surface area contributed by atoms with Gasteiger partial charge in [-0.05, 0) is 49.2 Å². The van der Waals surface area contributed by atoms with Crippen molar-refractivity contribution >= 4 is 17.2 Å². The van der Waals surface area contributed by atoms with Gasteiger partial charge in [0.15, 0.2) is 0 Å². The summed E-state index contributed by atoms with van der Waals surface area (Å²) in [6.07, 6.45) is 1.19. The fourth-order valence-electron chi connectivity index (χ4n) is 2.62. The molecular formula is C20H20N4O5. The smallest absolute Gasteiger partial charge is 0.373 e. The SMILES string of the molecule is COc1ccc(OC)c(Nc2ncnc(Oc3ccc(C)c(C)c3)c2[N+](=O)[O-])c1. The quantitative estimate of drug-likeness (QED) is 0.457. The monoisotopic (exact) mass is 396 g/mol. The Labute approximate surface area is 167 Å². The summed E-state index contributed by atoms with van der Waals surface area (Å²) in [6.45, 7) is 3.90. The van der Waals surface area contributed by atoms with Crippen LogP contribution in [0.3, 0.4) is 0 Å². The van der Waals surface area contributed by atoms with Crippen LogP contribution in [0, 0.1) is 24.0 Å². The van der Waals surface area contributed by atoms with Crippen LogP contribution < -0.4 is 19.5 Å². The molecule has 150 valence electrons. The van der Waals surface area contributed by atoms with Crippen molar-refractivity contribution < 1.29 is 19.1 Å². The maximum atomic E-state index is 11.8. The van der Waals surface area contributed by atoms with E-state index < -0.39 is 10.6 Å². The van der Waals surface area contributed by atoms with Crippen LogP contribution in [-0.4, -0.2) is 29.1 Å². The molecule has 0 atom stereocenters. The first-order chi connectivity index (χ1) is 13.9. The van der Waals surface area contributed by atoms with E-state index in [1.165, 1.54) is 20.5 Å². The first-order valence-electron chi connectivity index (χ1n) is 8.66. The number of ether oxygens (including phenoxy) is 3. The molecule has 0 saturated heterocycles. The zero-order valence-corrected chi connectivity index (χ0v) is 16.4. The van der Waals surface area contributed by atoms with Gasteiger partial charge in [0.25, 0.3) is 0 Å². The molecule has 0 fully saturated rings. The van der Waals surface area contributed by atoms with Crippen LogP contribution >= 0.6 is 0 Å². The molecule has 9 nitrogen and oxygen atoms in total. The first kappa shape index (κ1) is 19.9. The largest absolute Gasteiger partial charge is 0.497 e. The van der Waals surface area contributed by atoms with Gasteiger partial charge in [-0.3, -0.25) is 10.1 Å². The number of rotatable bonds is 7. The predicted molar refractivity (Wildman–Crippen MR) is 108 cm³/mol. The van der Waals surface area contributed by atoms with Crippen LogP contribution in [0.5, 0.6) is 23.1 Å². The molecule has 0 amide bonds. The minimum absolute atomic E-state index is 0.0320. The van der Waals surface area contributed by atoms with Gasteiger partial charge in [-0.1, -0.05) is 6.07 Å². The molecule has 0 aliphatic heterocycles. The van der Waals surface area contributed by atoms with Gasteiger partial charge >= 0.3 is 11.6 Å². The predicted octanol–water partition coefficient (Wildman–Crippen LogP) is 4.55. The Kier molecular flexibility index (Phi) is 5.77. The molecule has 3 rings (SSSR count). The average Bonchev–Trinajstić information content (AvgIpc) is 2.70. The highest BCUT2D eigenvalue weighted by Crippen LogP contribution is 2.38. The topological polar surface area (TPSA) is 109 Å². The molecule has 9 heteroatoms. The third kappa shape index (κ3) is 4.34. The summed E-state index contributed by atoms with van der Waals surface area (Å²) in [4.78, 5) is 19.2. The molecule has 1 N–H and O–H groups in total. The molecule has 0 bridgehead atoms. The second kappa shape index (κ2) is 8.42. The lowest BCUT2D eigenvalue weighted by molar-refractivity contribution is -0.385. The average molecular weight is 396 g/mol. The van der Waals surface area contributed by atoms with Gasteiger partial charge in [-0.2, -0.15) is 4.98 Å². The number of hydrogen-bond donors (Lipinski definition) is 1. The van der Waals surface area contributed by atoms with E-state index in [0.717, 1.165) is 11.1 Å². The number of nitro groups is 1. The number of benzene rings is 2. The van der Waals surface area contributed by atoms with E-state index in [1.807, 2.05) is 19.9 Å². The van der Waals surface area contributed by atoms with Crippen molar-refractivity contribution in [1.82, 2.24) is 9.97 Å². The van der Waals surface area contributed by atoms with Crippen LogP contribution in [0.1, 0.15) is 11.1 Å². The van der Waals surface area contributed by atoms with E-state index in [9.17, 15) is 10.1 Å². The number of anilines is 2. The molecule has 0 spiro atoms. The Morgan fingerprint density at radius 1 is 0.966 bits per heavy atom. The summed E-state index contributed by atoms with van der Waals surface area (Å²) in [7, 11) is 3.02. The Morgan fingerprint density at radius 3 is 2.38 bits per heavy atom. The zero-order valence-electron chi connectivity index (χ0n) is 16.4. The number of aromatic nitrogens is 2. The molecule has 0 saturated carbocycles. The van der Waals surface area contributed by atoms with Crippen LogP contribution in [0.2, 0.25) is 0 Å². The van der Waals surface area contributed by atoms with Gasteiger partial charge in [-0.25, -0.2) is 4.98 Å². The van der Waals surface area contributed by atoms with Gasteiger partial charge in [0.1, 0.15) is 23.6 Å². The number of methoxy groups -OCH3 is 2. The minimum Gasteiger partial charge on any atom is -0.497 e. The highest BCUT2D eigenvalue weighted by Gasteiger charge is 2.26. The number of nitrogens with zero attached hydrogens (tertiary/aromatic N) is 3.